The molecule has 1 aromatic heterocycles. The number of aryl methyl sites for hydroxylation is 2. The number of nitrogens with one attached hydrogen (secondary N) is 1. The number of aliphatic imine (C=N–C) groups is 1. The highest BCUT2D eigenvalue weighted by molar-refractivity contribution is 8.13. The zero-order valence-corrected chi connectivity index (χ0v) is 13.8. The largest absolute Gasteiger partial charge is 0.442 e. The fourth-order valence-corrected chi connectivity index (χ4v) is 1.82. The maximum Gasteiger partial charge on any atom is 0.436 e. The first kappa shape index (κ1) is 17.2. The van der Waals surface area contributed by atoms with Crippen LogP contribution in [-0.4, -0.2) is 34.2 Å². The summed E-state index contributed by atoms with van der Waals surface area (Å²) in [5.74, 6) is -0.0226. The van der Waals surface area contributed by atoms with Crippen molar-refractivity contribution in [3.63, 3.8) is 0 Å². The van der Waals surface area contributed by atoms with Crippen LogP contribution < -0.4 is 5.32 Å². The molecule has 0 fully saturated rings. The van der Waals surface area contributed by atoms with Crippen LogP contribution in [0.3, 0.4) is 0 Å². The lowest BCUT2D eigenvalue weighted by molar-refractivity contribution is 0.0604. The number of thioether (sulfide) groups is 1. The van der Waals surface area contributed by atoms with Gasteiger partial charge in [-0.05, 0) is 40.9 Å². The van der Waals surface area contributed by atoms with Crippen LogP contribution in [0.15, 0.2) is 9.52 Å². The van der Waals surface area contributed by atoms with Crippen LogP contribution >= 0.6 is 11.8 Å². The van der Waals surface area contributed by atoms with Crippen LogP contribution in [0.25, 0.3) is 0 Å². The van der Waals surface area contributed by atoms with E-state index in [0.29, 0.717) is 17.0 Å². The number of rotatable bonds is 1. The highest BCUT2D eigenvalue weighted by atomic mass is 32.2. The fourth-order valence-electron chi connectivity index (χ4n) is 1.46. The Labute approximate surface area is 127 Å². The minimum absolute atomic E-state index is 0.147. The minimum Gasteiger partial charge on any atom is -0.442 e. The van der Waals surface area contributed by atoms with Gasteiger partial charge in [0, 0.05) is 0 Å². The van der Waals surface area contributed by atoms with Crippen molar-refractivity contribution in [3.05, 3.63) is 17.0 Å². The molecule has 0 saturated heterocycles. The molecule has 0 aromatic carbocycles. The third-order valence-corrected chi connectivity index (χ3v) is 2.84. The summed E-state index contributed by atoms with van der Waals surface area (Å²) in [5, 5.41) is 6.39. The SMILES string of the molecule is CS/C(=N\C(=O)OC(C)(C)C)NC(=O)c1c(C)noc1C. The second kappa shape index (κ2) is 6.75. The lowest BCUT2D eigenvalue weighted by Gasteiger charge is -2.17. The van der Waals surface area contributed by atoms with Crippen molar-refractivity contribution in [1.82, 2.24) is 10.5 Å². The fraction of sp³-hybridized carbons (Fsp3) is 0.538. The third-order valence-electron chi connectivity index (χ3n) is 2.26. The average molecular weight is 313 g/mol. The van der Waals surface area contributed by atoms with Gasteiger partial charge >= 0.3 is 6.09 Å². The van der Waals surface area contributed by atoms with E-state index in [4.69, 9.17) is 9.26 Å². The molecule has 2 amide bonds. The number of carbonyl (C=O) groups excluding carboxylic acids is 2. The zero-order chi connectivity index (χ0) is 16.2. The van der Waals surface area contributed by atoms with Crippen molar-refractivity contribution < 1.29 is 18.8 Å². The second-order valence-corrected chi connectivity index (χ2v) is 6.05. The summed E-state index contributed by atoms with van der Waals surface area (Å²) in [5.41, 5.74) is 0.166. The van der Waals surface area contributed by atoms with E-state index >= 15 is 0 Å². The summed E-state index contributed by atoms with van der Waals surface area (Å²) in [4.78, 5) is 27.5. The third kappa shape index (κ3) is 5.22. The highest BCUT2D eigenvalue weighted by Gasteiger charge is 2.20. The molecule has 0 atom stereocenters. The monoisotopic (exact) mass is 313 g/mol. The van der Waals surface area contributed by atoms with Gasteiger partial charge in [0.1, 0.15) is 16.9 Å². The molecule has 21 heavy (non-hydrogen) atoms. The number of aromatic nitrogens is 1. The Morgan fingerprint density at radius 1 is 1.33 bits per heavy atom. The number of carbonyl (C=O) groups is 2. The highest BCUT2D eigenvalue weighted by Crippen LogP contribution is 2.13. The molecule has 0 aliphatic rings. The summed E-state index contributed by atoms with van der Waals surface area (Å²) in [7, 11) is 0. The van der Waals surface area contributed by atoms with Gasteiger partial charge in [-0.1, -0.05) is 16.9 Å². The van der Waals surface area contributed by atoms with E-state index in [-0.39, 0.29) is 5.17 Å². The number of amidine groups is 1. The maximum atomic E-state index is 12.1. The maximum absolute atomic E-state index is 12.1. The molecule has 1 aromatic rings. The van der Waals surface area contributed by atoms with E-state index in [9.17, 15) is 9.59 Å². The van der Waals surface area contributed by atoms with Gasteiger partial charge in [0.25, 0.3) is 5.91 Å². The van der Waals surface area contributed by atoms with E-state index in [2.05, 4.69) is 15.5 Å². The van der Waals surface area contributed by atoms with Crippen LogP contribution in [0.2, 0.25) is 0 Å². The molecule has 0 spiro atoms. The van der Waals surface area contributed by atoms with E-state index < -0.39 is 17.6 Å². The molecular formula is C13H19N3O4S. The van der Waals surface area contributed by atoms with E-state index in [1.54, 1.807) is 40.9 Å². The van der Waals surface area contributed by atoms with Crippen molar-refractivity contribution in [2.45, 2.75) is 40.2 Å². The first-order chi connectivity index (χ1) is 9.64. The average Bonchev–Trinajstić information content (AvgIpc) is 2.65. The van der Waals surface area contributed by atoms with Gasteiger partial charge in [-0.3, -0.25) is 4.79 Å². The van der Waals surface area contributed by atoms with Gasteiger partial charge in [-0.2, -0.15) is 4.99 Å². The first-order valence-electron chi connectivity index (χ1n) is 6.24. The Morgan fingerprint density at radius 3 is 2.38 bits per heavy atom. The molecule has 0 bridgehead atoms. The summed E-state index contributed by atoms with van der Waals surface area (Å²) < 4.78 is 10.00. The van der Waals surface area contributed by atoms with Crippen LogP contribution in [0, 0.1) is 13.8 Å². The molecule has 0 aliphatic carbocycles. The summed E-state index contributed by atoms with van der Waals surface area (Å²) in [6.45, 7) is 8.51. The van der Waals surface area contributed by atoms with E-state index in [0.717, 1.165) is 11.8 Å². The van der Waals surface area contributed by atoms with Crippen LogP contribution in [0.4, 0.5) is 4.79 Å². The molecule has 1 heterocycles. The van der Waals surface area contributed by atoms with Gasteiger partial charge in [0.05, 0.1) is 5.69 Å². The zero-order valence-electron chi connectivity index (χ0n) is 12.9. The summed E-state index contributed by atoms with van der Waals surface area (Å²) in [6.07, 6.45) is 0.933. The van der Waals surface area contributed by atoms with Crippen LogP contribution in [0.1, 0.15) is 42.6 Å². The Kier molecular flexibility index (Phi) is 5.54. The predicted molar refractivity (Wildman–Crippen MR) is 80.6 cm³/mol. The van der Waals surface area contributed by atoms with Crippen molar-refractivity contribution in [2.75, 3.05) is 6.26 Å². The van der Waals surface area contributed by atoms with Gasteiger partial charge in [-0.15, -0.1) is 0 Å². The van der Waals surface area contributed by atoms with Crippen LogP contribution in [0.5, 0.6) is 0 Å². The number of nitrogens with zero attached hydrogens (tertiary/aromatic N) is 2. The Balaban J connectivity index is 2.83. The van der Waals surface area contributed by atoms with Crippen LogP contribution in [-0.2, 0) is 4.74 Å². The van der Waals surface area contributed by atoms with Crippen molar-refractivity contribution in [2.24, 2.45) is 4.99 Å². The molecule has 7 nitrogen and oxygen atoms in total. The molecule has 1 N–H and O–H groups in total. The molecule has 0 saturated carbocycles. The molecule has 116 valence electrons. The topological polar surface area (TPSA) is 93.8 Å². The van der Waals surface area contributed by atoms with Crippen molar-refractivity contribution >= 4 is 28.9 Å². The smallest absolute Gasteiger partial charge is 0.436 e. The summed E-state index contributed by atoms with van der Waals surface area (Å²) >= 11 is 1.13. The number of hydrogen-bond donors (Lipinski definition) is 1. The van der Waals surface area contributed by atoms with E-state index in [1.165, 1.54) is 0 Å². The Morgan fingerprint density at radius 2 is 1.95 bits per heavy atom. The number of amides is 2. The van der Waals surface area contributed by atoms with Crippen molar-refractivity contribution in [3.8, 4) is 0 Å². The Bertz CT molecular complexity index is 553. The first-order valence-corrected chi connectivity index (χ1v) is 7.46. The quantitative estimate of drug-likeness (QED) is 0.633. The van der Waals surface area contributed by atoms with E-state index in [1.807, 2.05) is 0 Å². The van der Waals surface area contributed by atoms with Gasteiger partial charge in [-0.25, -0.2) is 4.79 Å². The minimum atomic E-state index is -0.758. The predicted octanol–water partition coefficient (Wildman–Crippen LogP) is 2.68. The second-order valence-electron chi connectivity index (χ2n) is 5.25. The van der Waals surface area contributed by atoms with Gasteiger partial charge < -0.3 is 14.6 Å². The molecule has 0 radical (unpaired) electrons. The number of ether oxygens (including phenoxy) is 1. The molecule has 8 heteroatoms. The standard InChI is InChI=1S/C13H19N3O4S/c1-7-9(8(2)20-16-7)10(17)14-11(21-6)15-12(18)19-13(3,4)5/h1-6H3,(H,14,15,17,18). The Hall–Kier alpha value is -1.83. The molecular weight excluding hydrogens is 294 g/mol. The van der Waals surface area contributed by atoms with Gasteiger partial charge in [0.15, 0.2) is 5.17 Å². The van der Waals surface area contributed by atoms with Crippen molar-refractivity contribution in [1.29, 1.82) is 0 Å². The molecule has 1 rings (SSSR count). The summed E-state index contributed by atoms with van der Waals surface area (Å²) in [6, 6.07) is 0. The lowest BCUT2D eigenvalue weighted by atomic mass is 10.2. The normalized spacial score (nSPS) is 12.2. The molecule has 0 aliphatic heterocycles. The number of hydrogen-bond acceptors (Lipinski definition) is 6. The van der Waals surface area contributed by atoms with Gasteiger partial charge in [0.2, 0.25) is 0 Å². The lowest BCUT2D eigenvalue weighted by Crippen LogP contribution is -2.30. The molecule has 0 unspecified atom stereocenters.